The van der Waals surface area contributed by atoms with Crippen LogP contribution in [0.1, 0.15) is 25.8 Å². The molecule has 0 unspecified atom stereocenters. The van der Waals surface area contributed by atoms with Crippen molar-refractivity contribution in [3.05, 3.63) is 46.4 Å². The highest BCUT2D eigenvalue weighted by atomic mass is 79.9. The standard InChI is InChI=1S/C22H26BrN3O5/c1-13(2)9-10-24-20(27)22(29)16-11-14(23)5-7-17(16)25-21(28)26(22)18-8-6-15(30-3)12-19(18)31-4/h5-8,11-13,29H,9-10H2,1-4H3,(H,24,27)(H,25,28)/t22-/m1/s1. The third-order valence-corrected chi connectivity index (χ3v) is 5.57. The normalized spacial score (nSPS) is 17.8. The second-order valence-electron chi connectivity index (χ2n) is 7.60. The van der Waals surface area contributed by atoms with Gasteiger partial charge in [-0.15, -0.1) is 0 Å². The molecule has 0 spiro atoms. The molecule has 1 atom stereocenters. The summed E-state index contributed by atoms with van der Waals surface area (Å²) in [5, 5.41) is 17.4. The monoisotopic (exact) mass is 491 g/mol. The third kappa shape index (κ3) is 4.33. The molecule has 0 bridgehead atoms. The lowest BCUT2D eigenvalue weighted by molar-refractivity contribution is -0.140. The topological polar surface area (TPSA) is 100 Å². The number of amides is 3. The summed E-state index contributed by atoms with van der Waals surface area (Å²) in [6, 6.07) is 9.06. The predicted molar refractivity (Wildman–Crippen MR) is 122 cm³/mol. The molecule has 3 rings (SSSR count). The highest BCUT2D eigenvalue weighted by Crippen LogP contribution is 2.44. The molecule has 3 amide bonds. The summed E-state index contributed by atoms with van der Waals surface area (Å²) < 4.78 is 11.3. The van der Waals surface area contributed by atoms with E-state index in [4.69, 9.17) is 9.47 Å². The van der Waals surface area contributed by atoms with Crippen LogP contribution in [0.5, 0.6) is 11.5 Å². The van der Waals surface area contributed by atoms with Crippen LogP contribution in [0.25, 0.3) is 0 Å². The molecular weight excluding hydrogens is 466 g/mol. The largest absolute Gasteiger partial charge is 0.497 e. The molecule has 0 aromatic heterocycles. The van der Waals surface area contributed by atoms with Crippen molar-refractivity contribution in [1.82, 2.24) is 5.32 Å². The van der Waals surface area contributed by atoms with Gasteiger partial charge in [-0.1, -0.05) is 29.8 Å². The minimum atomic E-state index is -2.31. The average molecular weight is 492 g/mol. The second kappa shape index (κ2) is 9.15. The van der Waals surface area contributed by atoms with E-state index in [1.807, 2.05) is 13.8 Å². The molecule has 3 N–H and O–H groups in total. The number of ether oxygens (including phenoxy) is 2. The quantitative estimate of drug-likeness (QED) is 0.546. The highest BCUT2D eigenvalue weighted by molar-refractivity contribution is 9.10. The minimum absolute atomic E-state index is 0.216. The second-order valence-corrected chi connectivity index (χ2v) is 8.52. The molecular formula is C22H26BrN3O5. The van der Waals surface area contributed by atoms with Crippen molar-refractivity contribution in [2.75, 3.05) is 31.0 Å². The fourth-order valence-electron chi connectivity index (χ4n) is 3.43. The van der Waals surface area contributed by atoms with Crippen molar-refractivity contribution in [3.8, 4) is 11.5 Å². The molecule has 1 aliphatic rings. The summed E-state index contributed by atoms with van der Waals surface area (Å²) in [4.78, 5) is 27.5. The molecule has 2 aromatic carbocycles. The summed E-state index contributed by atoms with van der Waals surface area (Å²) in [6.07, 6.45) is 0.727. The maximum absolute atomic E-state index is 13.4. The zero-order valence-electron chi connectivity index (χ0n) is 17.9. The number of nitrogens with zero attached hydrogens (tertiary/aromatic N) is 1. The van der Waals surface area contributed by atoms with Crippen LogP contribution in [-0.4, -0.2) is 37.8 Å². The fraction of sp³-hybridized carbons (Fsp3) is 0.364. The van der Waals surface area contributed by atoms with Crippen molar-refractivity contribution >= 4 is 39.2 Å². The molecule has 31 heavy (non-hydrogen) atoms. The zero-order valence-corrected chi connectivity index (χ0v) is 19.4. The Kier molecular flexibility index (Phi) is 6.76. The van der Waals surface area contributed by atoms with Crippen LogP contribution in [0.15, 0.2) is 40.9 Å². The van der Waals surface area contributed by atoms with Gasteiger partial charge in [0.05, 0.1) is 25.6 Å². The van der Waals surface area contributed by atoms with Gasteiger partial charge in [0, 0.05) is 22.6 Å². The lowest BCUT2D eigenvalue weighted by Crippen LogP contribution is -2.62. The van der Waals surface area contributed by atoms with E-state index in [2.05, 4.69) is 26.6 Å². The molecule has 0 saturated heterocycles. The number of hydrogen-bond donors (Lipinski definition) is 3. The van der Waals surface area contributed by atoms with Gasteiger partial charge in [0.15, 0.2) is 0 Å². The van der Waals surface area contributed by atoms with Gasteiger partial charge in [0.1, 0.15) is 11.5 Å². The summed E-state index contributed by atoms with van der Waals surface area (Å²) in [5.41, 5.74) is -1.51. The molecule has 166 valence electrons. The van der Waals surface area contributed by atoms with Gasteiger partial charge in [-0.05, 0) is 42.7 Å². The third-order valence-electron chi connectivity index (χ3n) is 5.08. The number of benzene rings is 2. The maximum Gasteiger partial charge on any atom is 0.329 e. The van der Waals surface area contributed by atoms with Gasteiger partial charge in [-0.3, -0.25) is 4.79 Å². The minimum Gasteiger partial charge on any atom is -0.497 e. The van der Waals surface area contributed by atoms with Gasteiger partial charge >= 0.3 is 6.03 Å². The summed E-state index contributed by atoms with van der Waals surface area (Å²) in [7, 11) is 2.95. The molecule has 0 radical (unpaired) electrons. The van der Waals surface area contributed by atoms with Gasteiger partial charge < -0.3 is 25.2 Å². The summed E-state index contributed by atoms with van der Waals surface area (Å²) in [6.45, 7) is 4.43. The highest BCUT2D eigenvalue weighted by Gasteiger charge is 2.52. The zero-order chi connectivity index (χ0) is 22.8. The lowest BCUT2D eigenvalue weighted by Gasteiger charge is -2.43. The van der Waals surface area contributed by atoms with Crippen molar-refractivity contribution in [2.24, 2.45) is 5.92 Å². The smallest absolute Gasteiger partial charge is 0.329 e. The number of methoxy groups -OCH3 is 2. The van der Waals surface area contributed by atoms with Crippen LogP contribution in [0.3, 0.4) is 0 Å². The van der Waals surface area contributed by atoms with Crippen LogP contribution >= 0.6 is 15.9 Å². The van der Waals surface area contributed by atoms with E-state index < -0.39 is 17.7 Å². The van der Waals surface area contributed by atoms with E-state index in [9.17, 15) is 14.7 Å². The van der Waals surface area contributed by atoms with Crippen LogP contribution < -0.4 is 25.0 Å². The van der Waals surface area contributed by atoms with Crippen molar-refractivity contribution in [2.45, 2.75) is 26.0 Å². The number of nitrogens with one attached hydrogen (secondary N) is 2. The van der Waals surface area contributed by atoms with Gasteiger partial charge in [-0.25, -0.2) is 9.69 Å². The molecule has 1 heterocycles. The molecule has 8 nitrogen and oxygen atoms in total. The maximum atomic E-state index is 13.4. The van der Waals surface area contributed by atoms with E-state index in [0.717, 1.165) is 11.3 Å². The van der Waals surface area contributed by atoms with Gasteiger partial charge in [-0.2, -0.15) is 0 Å². The Labute approximate surface area is 189 Å². The van der Waals surface area contributed by atoms with Gasteiger partial charge in [0.25, 0.3) is 11.6 Å². The first-order valence-corrected chi connectivity index (χ1v) is 10.7. The first-order valence-electron chi connectivity index (χ1n) is 9.86. The number of hydrogen-bond acceptors (Lipinski definition) is 5. The van der Waals surface area contributed by atoms with Crippen LogP contribution in [0, 0.1) is 5.92 Å². The number of carbonyl (C=O) groups is 2. The van der Waals surface area contributed by atoms with Gasteiger partial charge in [0.2, 0.25) is 0 Å². The SMILES string of the molecule is COc1ccc(N2C(=O)Nc3ccc(Br)cc3[C@@]2(O)C(=O)NCCC(C)C)c(OC)c1. The first-order chi connectivity index (χ1) is 14.7. The number of halogens is 1. The van der Waals surface area contributed by atoms with E-state index >= 15 is 0 Å². The number of urea groups is 1. The number of anilines is 2. The molecule has 2 aromatic rings. The Hall–Kier alpha value is -2.78. The van der Waals surface area contributed by atoms with Crippen molar-refractivity contribution < 1.29 is 24.2 Å². The average Bonchev–Trinajstić information content (AvgIpc) is 2.74. The molecule has 0 aliphatic carbocycles. The van der Waals surface area contributed by atoms with E-state index in [1.165, 1.54) is 14.2 Å². The number of carbonyl (C=O) groups excluding carboxylic acids is 2. The fourth-order valence-corrected chi connectivity index (χ4v) is 3.79. The van der Waals surface area contributed by atoms with E-state index in [0.29, 0.717) is 28.4 Å². The number of rotatable bonds is 7. The number of fused-ring (bicyclic) bond motifs is 1. The lowest BCUT2D eigenvalue weighted by atomic mass is 9.94. The molecule has 0 saturated carbocycles. The first kappa shape index (κ1) is 22.9. The summed E-state index contributed by atoms with van der Waals surface area (Å²) >= 11 is 3.39. The van der Waals surface area contributed by atoms with Crippen LogP contribution in [0.4, 0.5) is 16.2 Å². The Morgan fingerprint density at radius 1 is 1.23 bits per heavy atom. The van der Waals surface area contributed by atoms with E-state index in [1.54, 1.807) is 36.4 Å². The molecule has 9 heteroatoms. The summed E-state index contributed by atoms with van der Waals surface area (Å²) in [5.74, 6) is 0.427. The number of aliphatic hydroxyl groups is 1. The van der Waals surface area contributed by atoms with Crippen LogP contribution in [0.2, 0.25) is 0 Å². The van der Waals surface area contributed by atoms with Crippen LogP contribution in [-0.2, 0) is 10.5 Å². The van der Waals surface area contributed by atoms with Crippen molar-refractivity contribution in [1.29, 1.82) is 0 Å². The predicted octanol–water partition coefficient (Wildman–Crippen LogP) is 3.83. The van der Waals surface area contributed by atoms with E-state index in [-0.39, 0.29) is 17.0 Å². The Morgan fingerprint density at radius 2 is 1.97 bits per heavy atom. The Balaban J connectivity index is 2.16. The Morgan fingerprint density at radius 3 is 2.61 bits per heavy atom. The molecule has 0 fully saturated rings. The molecule has 1 aliphatic heterocycles. The Bertz CT molecular complexity index is 997. The van der Waals surface area contributed by atoms with Crippen molar-refractivity contribution in [3.63, 3.8) is 0 Å².